The fraction of sp³-hybridized carbons (Fsp3) is 0.200. The summed E-state index contributed by atoms with van der Waals surface area (Å²) in [6.07, 6.45) is -0.920. The molecule has 7 heteroatoms. The molecule has 3 aromatic rings. The molecule has 0 bridgehead atoms. The third kappa shape index (κ3) is 4.03. The van der Waals surface area contributed by atoms with Crippen LogP contribution in [0.2, 0.25) is 0 Å². The van der Waals surface area contributed by atoms with Crippen molar-refractivity contribution in [1.29, 1.82) is 0 Å². The molecule has 2 aromatic carbocycles. The summed E-state index contributed by atoms with van der Waals surface area (Å²) in [5.74, 6) is -0.643. The number of carbonyl (C=O) groups excluding carboxylic acids is 2. The van der Waals surface area contributed by atoms with Crippen molar-refractivity contribution < 1.29 is 14.3 Å². The number of benzene rings is 2. The molecule has 1 aromatic heterocycles. The van der Waals surface area contributed by atoms with Crippen LogP contribution in [0.25, 0.3) is 17.1 Å². The van der Waals surface area contributed by atoms with Crippen molar-refractivity contribution >= 4 is 11.9 Å². The van der Waals surface area contributed by atoms with E-state index in [0.717, 1.165) is 11.3 Å². The molecule has 0 aliphatic rings. The van der Waals surface area contributed by atoms with Gasteiger partial charge in [-0.15, -0.1) is 5.10 Å². The monoisotopic (exact) mass is 364 g/mol. The molecule has 0 saturated heterocycles. The third-order valence-electron chi connectivity index (χ3n) is 3.89. The molecule has 138 valence electrons. The van der Waals surface area contributed by atoms with Gasteiger partial charge in [-0.05, 0) is 19.1 Å². The first-order valence-electron chi connectivity index (χ1n) is 8.47. The zero-order valence-electron chi connectivity index (χ0n) is 15.4. The first-order chi connectivity index (χ1) is 13.0. The van der Waals surface area contributed by atoms with Gasteiger partial charge in [0.1, 0.15) is 0 Å². The van der Waals surface area contributed by atoms with Crippen LogP contribution < -0.4 is 0 Å². The Morgan fingerprint density at radius 2 is 1.59 bits per heavy atom. The molecule has 0 radical (unpaired) electrons. The molecule has 0 N–H and O–H groups in total. The Hall–Kier alpha value is -3.48. The second-order valence-corrected chi connectivity index (χ2v) is 6.15. The number of hydrogen-bond donors (Lipinski definition) is 0. The van der Waals surface area contributed by atoms with Crippen molar-refractivity contribution in [3.63, 3.8) is 0 Å². The van der Waals surface area contributed by atoms with Gasteiger partial charge < -0.3 is 9.64 Å². The molecule has 1 heterocycles. The van der Waals surface area contributed by atoms with E-state index in [1.54, 1.807) is 18.8 Å². The summed E-state index contributed by atoms with van der Waals surface area (Å²) in [5.41, 5.74) is 1.57. The normalized spacial score (nSPS) is 11.7. The van der Waals surface area contributed by atoms with Gasteiger partial charge in [-0.25, -0.2) is 14.5 Å². The predicted octanol–water partition coefficient (Wildman–Crippen LogP) is 2.57. The van der Waals surface area contributed by atoms with Crippen molar-refractivity contribution in [2.45, 2.75) is 13.0 Å². The van der Waals surface area contributed by atoms with Gasteiger partial charge in [0.25, 0.3) is 11.7 Å². The van der Waals surface area contributed by atoms with Gasteiger partial charge in [0.15, 0.2) is 11.9 Å². The van der Waals surface area contributed by atoms with Gasteiger partial charge in [-0.2, -0.15) is 0 Å². The fourth-order valence-corrected chi connectivity index (χ4v) is 2.55. The van der Waals surface area contributed by atoms with Crippen LogP contribution in [0.5, 0.6) is 0 Å². The standard InChI is InChI=1S/C20H20N4O3/c1-14(19(25)23(2)3)27-20(26)17-21-18(15-10-6-4-7-11-15)24(22-17)16-12-8-5-9-13-16/h4-14H,1-3H3. The number of ether oxygens (including phenoxy) is 1. The highest BCUT2D eigenvalue weighted by molar-refractivity contribution is 5.89. The van der Waals surface area contributed by atoms with Gasteiger partial charge in [0.05, 0.1) is 5.69 Å². The quantitative estimate of drug-likeness (QED) is 0.650. The number of amides is 1. The molecule has 1 unspecified atom stereocenters. The highest BCUT2D eigenvalue weighted by Crippen LogP contribution is 2.21. The number of rotatable bonds is 5. The number of hydrogen-bond acceptors (Lipinski definition) is 5. The van der Waals surface area contributed by atoms with E-state index in [4.69, 9.17) is 4.74 Å². The topological polar surface area (TPSA) is 77.3 Å². The van der Waals surface area contributed by atoms with E-state index in [1.165, 1.54) is 11.8 Å². The molecule has 1 atom stereocenters. The zero-order chi connectivity index (χ0) is 19.4. The molecular weight excluding hydrogens is 344 g/mol. The second kappa shape index (κ2) is 7.82. The molecule has 27 heavy (non-hydrogen) atoms. The first kappa shape index (κ1) is 18.3. The van der Waals surface area contributed by atoms with Crippen LogP contribution in [-0.4, -0.2) is 51.7 Å². The molecular formula is C20H20N4O3. The van der Waals surface area contributed by atoms with Gasteiger partial charge in [-0.3, -0.25) is 4.79 Å². The lowest BCUT2D eigenvalue weighted by atomic mass is 10.2. The summed E-state index contributed by atoms with van der Waals surface area (Å²) in [6.45, 7) is 1.52. The molecule has 0 spiro atoms. The van der Waals surface area contributed by atoms with Crippen LogP contribution in [0.3, 0.4) is 0 Å². The van der Waals surface area contributed by atoms with E-state index in [1.807, 2.05) is 60.7 Å². The Balaban J connectivity index is 1.97. The maximum Gasteiger partial charge on any atom is 0.379 e. The van der Waals surface area contributed by atoms with Gasteiger partial charge >= 0.3 is 5.97 Å². The minimum absolute atomic E-state index is 0.101. The average molecular weight is 364 g/mol. The van der Waals surface area contributed by atoms with Crippen molar-refractivity contribution in [3.05, 3.63) is 66.5 Å². The van der Waals surface area contributed by atoms with Crippen molar-refractivity contribution in [2.24, 2.45) is 0 Å². The van der Waals surface area contributed by atoms with Crippen molar-refractivity contribution in [2.75, 3.05) is 14.1 Å². The number of aromatic nitrogens is 3. The largest absolute Gasteiger partial charge is 0.447 e. The van der Waals surface area contributed by atoms with Crippen LogP contribution in [0, 0.1) is 0 Å². The van der Waals surface area contributed by atoms with Crippen LogP contribution in [0.4, 0.5) is 0 Å². The lowest BCUT2D eigenvalue weighted by Crippen LogP contribution is -2.35. The van der Waals surface area contributed by atoms with Gasteiger partial charge in [-0.1, -0.05) is 48.5 Å². The molecule has 1 amide bonds. The van der Waals surface area contributed by atoms with E-state index >= 15 is 0 Å². The summed E-state index contributed by atoms with van der Waals surface area (Å²) in [6, 6.07) is 18.8. The van der Waals surface area contributed by atoms with Crippen LogP contribution >= 0.6 is 0 Å². The van der Waals surface area contributed by atoms with Crippen LogP contribution in [0.15, 0.2) is 60.7 Å². The molecule has 0 saturated carbocycles. The molecule has 7 nitrogen and oxygen atoms in total. The Morgan fingerprint density at radius 3 is 2.19 bits per heavy atom. The lowest BCUT2D eigenvalue weighted by Gasteiger charge is -2.16. The molecule has 0 fully saturated rings. The maximum absolute atomic E-state index is 12.5. The summed E-state index contributed by atoms with van der Waals surface area (Å²) in [5, 5.41) is 4.32. The van der Waals surface area contributed by atoms with E-state index in [-0.39, 0.29) is 11.7 Å². The summed E-state index contributed by atoms with van der Waals surface area (Å²) in [7, 11) is 3.20. The second-order valence-electron chi connectivity index (χ2n) is 6.15. The highest BCUT2D eigenvalue weighted by atomic mass is 16.5. The van der Waals surface area contributed by atoms with Crippen molar-refractivity contribution in [1.82, 2.24) is 19.7 Å². The lowest BCUT2D eigenvalue weighted by molar-refractivity contribution is -0.137. The highest BCUT2D eigenvalue weighted by Gasteiger charge is 2.25. The minimum atomic E-state index is -0.920. The summed E-state index contributed by atoms with van der Waals surface area (Å²) >= 11 is 0. The fourth-order valence-electron chi connectivity index (χ4n) is 2.55. The number of likely N-dealkylation sites (N-methyl/N-ethyl adjacent to an activating group) is 1. The summed E-state index contributed by atoms with van der Waals surface area (Å²) < 4.78 is 6.82. The van der Waals surface area contributed by atoms with Gasteiger partial charge in [0, 0.05) is 19.7 Å². The average Bonchev–Trinajstić information content (AvgIpc) is 3.14. The maximum atomic E-state index is 12.5. The van der Waals surface area contributed by atoms with Crippen LogP contribution in [0.1, 0.15) is 17.5 Å². The zero-order valence-corrected chi connectivity index (χ0v) is 15.4. The Kier molecular flexibility index (Phi) is 5.30. The SMILES string of the molecule is CC(OC(=O)c1nc(-c2ccccc2)n(-c2ccccc2)n1)C(=O)N(C)C. The van der Waals surface area contributed by atoms with E-state index in [9.17, 15) is 9.59 Å². The number of esters is 1. The Bertz CT molecular complexity index is 879. The van der Waals surface area contributed by atoms with Gasteiger partial charge in [0.2, 0.25) is 0 Å². The third-order valence-corrected chi connectivity index (χ3v) is 3.89. The van der Waals surface area contributed by atoms with E-state index in [0.29, 0.717) is 5.82 Å². The predicted molar refractivity (Wildman–Crippen MR) is 100 cm³/mol. The van der Waals surface area contributed by atoms with Crippen molar-refractivity contribution in [3.8, 4) is 17.1 Å². The van der Waals surface area contributed by atoms with Crippen LogP contribution in [-0.2, 0) is 9.53 Å². The number of para-hydroxylation sites is 1. The number of carbonyl (C=O) groups is 2. The minimum Gasteiger partial charge on any atom is -0.447 e. The smallest absolute Gasteiger partial charge is 0.379 e. The van der Waals surface area contributed by atoms with E-state index < -0.39 is 12.1 Å². The van der Waals surface area contributed by atoms with E-state index in [2.05, 4.69) is 10.1 Å². The summed E-state index contributed by atoms with van der Waals surface area (Å²) in [4.78, 5) is 30.1. The molecule has 0 aliphatic carbocycles. The first-order valence-corrected chi connectivity index (χ1v) is 8.47. The Labute approximate surface area is 157 Å². The molecule has 3 rings (SSSR count). The Morgan fingerprint density at radius 1 is 1.00 bits per heavy atom. The number of nitrogens with zero attached hydrogens (tertiary/aromatic N) is 4. The molecule has 0 aliphatic heterocycles.